The Labute approximate surface area is 170 Å². The average Bonchev–Trinajstić information content (AvgIpc) is 3.11. The van der Waals surface area contributed by atoms with Crippen LogP contribution in [0.15, 0.2) is 41.5 Å². The maximum absolute atomic E-state index is 12.5. The van der Waals surface area contributed by atoms with Crippen molar-refractivity contribution < 1.29 is 19.1 Å². The first kappa shape index (κ1) is 20.4. The molecule has 0 bridgehead atoms. The van der Waals surface area contributed by atoms with E-state index in [0.29, 0.717) is 18.0 Å². The van der Waals surface area contributed by atoms with Gasteiger partial charge in [0.05, 0.1) is 26.4 Å². The van der Waals surface area contributed by atoms with Gasteiger partial charge in [-0.1, -0.05) is 6.07 Å². The van der Waals surface area contributed by atoms with Gasteiger partial charge >= 0.3 is 0 Å². The summed E-state index contributed by atoms with van der Waals surface area (Å²) in [6.45, 7) is 4.38. The van der Waals surface area contributed by atoms with Gasteiger partial charge in [0.15, 0.2) is 11.5 Å². The van der Waals surface area contributed by atoms with Crippen molar-refractivity contribution in [2.24, 2.45) is 11.0 Å². The van der Waals surface area contributed by atoms with E-state index < -0.39 is 5.92 Å². The van der Waals surface area contributed by atoms with Gasteiger partial charge in [0.1, 0.15) is 0 Å². The molecule has 7 heteroatoms. The first-order valence-corrected chi connectivity index (χ1v) is 9.35. The largest absolute Gasteiger partial charge is 0.493 e. The molecule has 2 aromatic carbocycles. The number of carbonyl (C=O) groups excluding carboxylic acids is 2. The molecule has 0 aromatic heterocycles. The van der Waals surface area contributed by atoms with Crippen LogP contribution in [0.4, 0.5) is 5.69 Å². The number of aryl methyl sites for hydroxylation is 2. The third kappa shape index (κ3) is 4.56. The number of nitrogens with zero attached hydrogens (tertiary/aromatic N) is 2. The molecule has 2 amide bonds. The molecule has 0 unspecified atom stereocenters. The van der Waals surface area contributed by atoms with Crippen LogP contribution in [0.1, 0.15) is 23.1 Å². The van der Waals surface area contributed by atoms with Crippen molar-refractivity contribution in [1.82, 2.24) is 5.43 Å². The lowest BCUT2D eigenvalue weighted by Gasteiger charge is -2.17. The molecule has 1 heterocycles. The highest BCUT2D eigenvalue weighted by atomic mass is 16.5. The first-order valence-electron chi connectivity index (χ1n) is 9.35. The minimum absolute atomic E-state index is 0.0581. The highest BCUT2D eigenvalue weighted by Crippen LogP contribution is 2.28. The van der Waals surface area contributed by atoms with Crippen molar-refractivity contribution in [2.45, 2.75) is 20.3 Å². The predicted molar refractivity (Wildman–Crippen MR) is 112 cm³/mol. The fourth-order valence-electron chi connectivity index (χ4n) is 3.22. The molecule has 1 fully saturated rings. The molecule has 152 valence electrons. The number of rotatable bonds is 6. The number of hydrogen-bond donors (Lipinski definition) is 1. The van der Waals surface area contributed by atoms with Gasteiger partial charge in [-0.15, -0.1) is 0 Å². The summed E-state index contributed by atoms with van der Waals surface area (Å²) in [5.74, 6) is 0.420. The fourth-order valence-corrected chi connectivity index (χ4v) is 3.22. The molecule has 29 heavy (non-hydrogen) atoms. The summed E-state index contributed by atoms with van der Waals surface area (Å²) in [7, 11) is 3.12. The summed E-state index contributed by atoms with van der Waals surface area (Å²) in [6, 6.07) is 11.2. The SMILES string of the molecule is COc1ccc(/C=N\NC(=O)[C@@H]2CC(=O)N(c3ccc(C)c(C)c3)C2)cc1OC. The molecule has 2 aromatic rings. The van der Waals surface area contributed by atoms with Crippen LogP contribution in [0.5, 0.6) is 11.5 Å². The van der Waals surface area contributed by atoms with Crippen molar-refractivity contribution in [2.75, 3.05) is 25.7 Å². The van der Waals surface area contributed by atoms with Crippen LogP contribution in [-0.2, 0) is 9.59 Å². The zero-order valence-corrected chi connectivity index (χ0v) is 17.1. The maximum atomic E-state index is 12.5. The lowest BCUT2D eigenvalue weighted by atomic mass is 10.1. The monoisotopic (exact) mass is 395 g/mol. The summed E-state index contributed by atoms with van der Waals surface area (Å²) in [5, 5.41) is 4.01. The Morgan fingerprint density at radius 2 is 1.86 bits per heavy atom. The Morgan fingerprint density at radius 1 is 1.10 bits per heavy atom. The molecule has 1 aliphatic heterocycles. The van der Waals surface area contributed by atoms with E-state index in [1.165, 1.54) is 11.8 Å². The van der Waals surface area contributed by atoms with Crippen LogP contribution in [0.2, 0.25) is 0 Å². The van der Waals surface area contributed by atoms with Crippen LogP contribution in [0.3, 0.4) is 0 Å². The number of ether oxygens (including phenoxy) is 2. The standard InChI is InChI=1S/C22H25N3O4/c1-14-5-7-18(9-15(14)2)25-13-17(11-21(25)26)22(27)24-23-12-16-6-8-19(28-3)20(10-16)29-4/h5-10,12,17H,11,13H2,1-4H3,(H,24,27)/b23-12-/t17-/m1/s1. The zero-order valence-electron chi connectivity index (χ0n) is 17.1. The van der Waals surface area contributed by atoms with Crippen LogP contribution in [0, 0.1) is 19.8 Å². The molecule has 1 N–H and O–H groups in total. The summed E-state index contributed by atoms with van der Waals surface area (Å²) in [5.41, 5.74) is 6.38. The van der Waals surface area contributed by atoms with E-state index in [-0.39, 0.29) is 18.2 Å². The number of amides is 2. The van der Waals surface area contributed by atoms with E-state index in [4.69, 9.17) is 9.47 Å². The summed E-state index contributed by atoms with van der Waals surface area (Å²) >= 11 is 0. The van der Waals surface area contributed by atoms with E-state index in [1.807, 2.05) is 32.0 Å². The van der Waals surface area contributed by atoms with Crippen LogP contribution in [-0.4, -0.2) is 38.8 Å². The number of carbonyl (C=O) groups is 2. The number of methoxy groups -OCH3 is 2. The van der Waals surface area contributed by atoms with Crippen molar-refractivity contribution in [1.29, 1.82) is 0 Å². The second-order valence-corrected chi connectivity index (χ2v) is 7.02. The van der Waals surface area contributed by atoms with Gasteiger partial charge in [-0.25, -0.2) is 5.43 Å². The number of benzene rings is 2. The minimum Gasteiger partial charge on any atom is -0.493 e. The molecule has 0 spiro atoms. The topological polar surface area (TPSA) is 80.2 Å². The Balaban J connectivity index is 1.62. The zero-order chi connectivity index (χ0) is 21.0. The lowest BCUT2D eigenvalue weighted by molar-refractivity contribution is -0.126. The molecule has 1 saturated heterocycles. The van der Waals surface area contributed by atoms with Gasteiger partial charge in [-0.05, 0) is 60.9 Å². The van der Waals surface area contributed by atoms with Crippen LogP contribution < -0.4 is 19.8 Å². The van der Waals surface area contributed by atoms with Gasteiger partial charge in [0, 0.05) is 18.7 Å². The van der Waals surface area contributed by atoms with Crippen molar-refractivity contribution in [3.63, 3.8) is 0 Å². The highest BCUT2D eigenvalue weighted by Gasteiger charge is 2.35. The van der Waals surface area contributed by atoms with Crippen molar-refractivity contribution in [3.05, 3.63) is 53.1 Å². The average molecular weight is 395 g/mol. The van der Waals surface area contributed by atoms with Gasteiger partial charge in [0.25, 0.3) is 0 Å². The molecular formula is C22H25N3O4. The number of hydrazone groups is 1. The molecule has 0 saturated carbocycles. The van der Waals surface area contributed by atoms with Crippen molar-refractivity contribution >= 4 is 23.7 Å². The van der Waals surface area contributed by atoms with Gasteiger partial charge in [0.2, 0.25) is 11.8 Å². The van der Waals surface area contributed by atoms with E-state index in [9.17, 15) is 9.59 Å². The number of anilines is 1. The van der Waals surface area contributed by atoms with Gasteiger partial charge in [-0.3, -0.25) is 9.59 Å². The molecule has 1 atom stereocenters. The quantitative estimate of drug-likeness (QED) is 0.602. The predicted octanol–water partition coefficient (Wildman–Crippen LogP) is 2.82. The lowest BCUT2D eigenvalue weighted by Crippen LogP contribution is -2.30. The molecule has 0 aliphatic carbocycles. The Morgan fingerprint density at radius 3 is 2.55 bits per heavy atom. The summed E-state index contributed by atoms with van der Waals surface area (Å²) in [6.07, 6.45) is 1.70. The fraction of sp³-hybridized carbons (Fsp3) is 0.318. The summed E-state index contributed by atoms with van der Waals surface area (Å²) in [4.78, 5) is 26.5. The van der Waals surface area contributed by atoms with Gasteiger partial charge < -0.3 is 14.4 Å². The second kappa shape index (κ2) is 8.77. The molecule has 1 aliphatic rings. The Bertz CT molecular complexity index is 955. The summed E-state index contributed by atoms with van der Waals surface area (Å²) < 4.78 is 10.4. The maximum Gasteiger partial charge on any atom is 0.245 e. The van der Waals surface area contributed by atoms with Crippen LogP contribution in [0.25, 0.3) is 0 Å². The number of hydrogen-bond acceptors (Lipinski definition) is 5. The highest BCUT2D eigenvalue weighted by molar-refractivity contribution is 6.00. The third-order valence-corrected chi connectivity index (χ3v) is 5.09. The van der Waals surface area contributed by atoms with E-state index in [0.717, 1.165) is 16.8 Å². The Hall–Kier alpha value is -3.35. The molecule has 7 nitrogen and oxygen atoms in total. The third-order valence-electron chi connectivity index (χ3n) is 5.09. The first-order chi connectivity index (χ1) is 13.9. The molecule has 0 radical (unpaired) electrons. The van der Waals surface area contributed by atoms with Crippen molar-refractivity contribution in [3.8, 4) is 11.5 Å². The smallest absolute Gasteiger partial charge is 0.245 e. The van der Waals surface area contributed by atoms with Gasteiger partial charge in [-0.2, -0.15) is 5.10 Å². The Kier molecular flexibility index (Phi) is 6.16. The molecular weight excluding hydrogens is 370 g/mol. The number of nitrogens with one attached hydrogen (secondary N) is 1. The van der Waals surface area contributed by atoms with Crippen LogP contribution >= 0.6 is 0 Å². The van der Waals surface area contributed by atoms with E-state index in [2.05, 4.69) is 10.5 Å². The van der Waals surface area contributed by atoms with E-state index >= 15 is 0 Å². The van der Waals surface area contributed by atoms with E-state index in [1.54, 1.807) is 37.3 Å². The normalized spacial score (nSPS) is 16.3. The minimum atomic E-state index is -0.438. The second-order valence-electron chi connectivity index (χ2n) is 7.02. The molecule has 3 rings (SSSR count).